The Morgan fingerprint density at radius 3 is 2.70 bits per heavy atom. The molecule has 1 saturated heterocycles. The van der Waals surface area contributed by atoms with Gasteiger partial charge in [0.05, 0.1) is 26.9 Å². The Kier molecular flexibility index (Phi) is 7.65. The first kappa shape index (κ1) is 23.7. The van der Waals surface area contributed by atoms with Gasteiger partial charge in [-0.15, -0.1) is 11.3 Å². The van der Waals surface area contributed by atoms with Crippen LogP contribution in [0.25, 0.3) is 10.1 Å². The van der Waals surface area contributed by atoms with Gasteiger partial charge < -0.3 is 24.7 Å². The number of benzene rings is 2. The molecule has 0 saturated carbocycles. The smallest absolute Gasteiger partial charge is 0.254 e. The van der Waals surface area contributed by atoms with Gasteiger partial charge >= 0.3 is 0 Å². The average molecular weight is 469 g/mol. The van der Waals surface area contributed by atoms with Crippen LogP contribution in [0, 0.1) is 0 Å². The standard InChI is InChI=1S/C26H32N2O4S/c1-27-10-5-7-21(27)9-11-28(15-22-13-18-6-3-4-8-25(18)33-22)26(31)19-12-20(16-29)23(17-30)24(14-19)32-2/h3-4,6,8,12-14,21,29-30H,5,7,9-11,15-17H2,1-2H3. The Labute approximate surface area is 199 Å². The number of ether oxygens (including phenoxy) is 1. The molecule has 176 valence electrons. The molecule has 0 spiro atoms. The van der Waals surface area contributed by atoms with Crippen LogP contribution in [-0.4, -0.2) is 59.2 Å². The Morgan fingerprint density at radius 2 is 2.03 bits per heavy atom. The molecule has 1 amide bonds. The predicted octanol–water partition coefficient (Wildman–Crippen LogP) is 4.02. The van der Waals surface area contributed by atoms with Crippen molar-refractivity contribution in [1.29, 1.82) is 0 Å². The summed E-state index contributed by atoms with van der Waals surface area (Å²) in [5, 5.41) is 20.7. The molecule has 1 aliphatic rings. The second kappa shape index (κ2) is 10.7. The SMILES string of the molecule is COc1cc(C(=O)N(CCC2CCCN2C)Cc2cc3ccccc3s2)cc(CO)c1CO. The molecule has 33 heavy (non-hydrogen) atoms. The molecule has 0 aliphatic carbocycles. The van der Waals surface area contributed by atoms with Crippen LogP contribution in [0.15, 0.2) is 42.5 Å². The monoisotopic (exact) mass is 468 g/mol. The molecule has 0 radical (unpaired) electrons. The fraction of sp³-hybridized carbons (Fsp3) is 0.423. The van der Waals surface area contributed by atoms with Gasteiger partial charge in [0.15, 0.2) is 0 Å². The molecule has 0 bridgehead atoms. The van der Waals surface area contributed by atoms with Crippen molar-refractivity contribution in [2.75, 3.05) is 27.2 Å². The number of hydrogen-bond acceptors (Lipinski definition) is 6. The Bertz CT molecular complexity index is 1050. The number of carbonyl (C=O) groups excluding carboxylic acids is 1. The van der Waals surface area contributed by atoms with Gasteiger partial charge in [-0.1, -0.05) is 18.2 Å². The van der Waals surface area contributed by atoms with Gasteiger partial charge in [-0.25, -0.2) is 0 Å². The van der Waals surface area contributed by atoms with Gasteiger partial charge in [-0.05, 0) is 68.1 Å². The molecule has 6 nitrogen and oxygen atoms in total. The molecule has 4 rings (SSSR count). The zero-order chi connectivity index (χ0) is 23.4. The first-order chi connectivity index (χ1) is 16.0. The number of aliphatic hydroxyl groups is 2. The van der Waals surface area contributed by atoms with Crippen molar-refractivity contribution in [2.45, 2.75) is 45.1 Å². The normalized spacial score (nSPS) is 16.4. The Balaban J connectivity index is 1.63. The van der Waals surface area contributed by atoms with Crippen LogP contribution in [0.1, 0.15) is 45.6 Å². The van der Waals surface area contributed by atoms with E-state index in [1.165, 1.54) is 23.6 Å². The summed E-state index contributed by atoms with van der Waals surface area (Å²) in [5.41, 5.74) is 1.49. The molecule has 1 fully saturated rings. The van der Waals surface area contributed by atoms with E-state index in [4.69, 9.17) is 4.74 Å². The van der Waals surface area contributed by atoms with E-state index in [2.05, 4.69) is 30.1 Å². The topological polar surface area (TPSA) is 73.2 Å². The van der Waals surface area contributed by atoms with Crippen molar-refractivity contribution in [3.63, 3.8) is 0 Å². The number of hydrogen-bond donors (Lipinski definition) is 2. The lowest BCUT2D eigenvalue weighted by atomic mass is 10.0. The van der Waals surface area contributed by atoms with Crippen molar-refractivity contribution >= 4 is 27.3 Å². The second-order valence-electron chi connectivity index (χ2n) is 8.67. The largest absolute Gasteiger partial charge is 0.496 e. The van der Waals surface area contributed by atoms with E-state index in [9.17, 15) is 15.0 Å². The van der Waals surface area contributed by atoms with E-state index < -0.39 is 0 Å². The fourth-order valence-corrected chi connectivity index (χ4v) is 5.80. The minimum Gasteiger partial charge on any atom is -0.496 e. The highest BCUT2D eigenvalue weighted by atomic mass is 32.1. The molecule has 2 N–H and O–H groups in total. The molecule has 1 atom stereocenters. The van der Waals surface area contributed by atoms with E-state index in [1.54, 1.807) is 23.5 Å². The fourth-order valence-electron chi connectivity index (χ4n) is 4.72. The lowest BCUT2D eigenvalue weighted by Gasteiger charge is -2.27. The summed E-state index contributed by atoms with van der Waals surface area (Å²) >= 11 is 1.72. The molecule has 3 aromatic rings. The maximum Gasteiger partial charge on any atom is 0.254 e. The van der Waals surface area contributed by atoms with Gasteiger partial charge in [0.2, 0.25) is 0 Å². The number of likely N-dealkylation sites (tertiary alicyclic amines) is 1. The minimum atomic E-state index is -0.267. The first-order valence-electron chi connectivity index (χ1n) is 11.4. The van der Waals surface area contributed by atoms with Gasteiger partial charge in [0.25, 0.3) is 5.91 Å². The maximum atomic E-state index is 13.7. The molecule has 1 unspecified atom stereocenters. The van der Waals surface area contributed by atoms with Crippen LogP contribution < -0.4 is 4.74 Å². The van der Waals surface area contributed by atoms with Crippen molar-refractivity contribution in [1.82, 2.24) is 9.80 Å². The predicted molar refractivity (Wildman–Crippen MR) is 132 cm³/mol. The molecule has 1 aromatic heterocycles. The van der Waals surface area contributed by atoms with Gasteiger partial charge in [0.1, 0.15) is 5.75 Å². The first-order valence-corrected chi connectivity index (χ1v) is 12.2. The highest BCUT2D eigenvalue weighted by Gasteiger charge is 2.25. The van der Waals surface area contributed by atoms with Crippen LogP contribution in [0.5, 0.6) is 5.75 Å². The summed E-state index contributed by atoms with van der Waals surface area (Å²) in [6.45, 7) is 1.77. The van der Waals surface area contributed by atoms with E-state index in [-0.39, 0.29) is 19.1 Å². The number of rotatable bonds is 9. The summed E-state index contributed by atoms with van der Waals surface area (Å²) in [4.78, 5) is 19.1. The zero-order valence-electron chi connectivity index (χ0n) is 19.3. The molecular formula is C26H32N2O4S. The third-order valence-electron chi connectivity index (χ3n) is 6.61. The summed E-state index contributed by atoms with van der Waals surface area (Å²) in [6, 6.07) is 14.3. The summed E-state index contributed by atoms with van der Waals surface area (Å²) in [7, 11) is 3.66. The number of carbonyl (C=O) groups is 1. The third kappa shape index (κ3) is 5.22. The Hall–Kier alpha value is -2.45. The summed E-state index contributed by atoms with van der Waals surface area (Å²) in [5.74, 6) is 0.329. The number of fused-ring (bicyclic) bond motifs is 1. The summed E-state index contributed by atoms with van der Waals surface area (Å²) in [6.07, 6.45) is 3.28. The van der Waals surface area contributed by atoms with Gasteiger partial charge in [-0.2, -0.15) is 0 Å². The van der Waals surface area contributed by atoms with Crippen LogP contribution in [-0.2, 0) is 19.8 Å². The molecular weight excluding hydrogens is 436 g/mol. The minimum absolute atomic E-state index is 0.0920. The highest BCUT2D eigenvalue weighted by Crippen LogP contribution is 2.29. The molecule has 2 heterocycles. The number of thiophene rings is 1. The zero-order valence-corrected chi connectivity index (χ0v) is 20.1. The average Bonchev–Trinajstić information content (AvgIpc) is 3.45. The van der Waals surface area contributed by atoms with Crippen LogP contribution in [0.2, 0.25) is 0 Å². The van der Waals surface area contributed by atoms with E-state index >= 15 is 0 Å². The Morgan fingerprint density at radius 1 is 1.21 bits per heavy atom. The maximum absolute atomic E-state index is 13.7. The number of aliphatic hydroxyl groups excluding tert-OH is 2. The third-order valence-corrected chi connectivity index (χ3v) is 7.71. The van der Waals surface area contributed by atoms with Crippen LogP contribution >= 0.6 is 11.3 Å². The molecule has 1 aliphatic heterocycles. The van der Waals surface area contributed by atoms with Crippen molar-refractivity contribution < 1.29 is 19.7 Å². The van der Waals surface area contributed by atoms with Crippen molar-refractivity contribution in [2.24, 2.45) is 0 Å². The van der Waals surface area contributed by atoms with Gasteiger partial charge in [0, 0.05) is 33.3 Å². The number of amides is 1. The number of nitrogens with zero attached hydrogens (tertiary/aromatic N) is 2. The van der Waals surface area contributed by atoms with E-state index in [1.807, 2.05) is 17.0 Å². The number of methoxy groups -OCH3 is 1. The van der Waals surface area contributed by atoms with E-state index in [0.717, 1.165) is 24.3 Å². The molecule has 2 aromatic carbocycles. The molecule has 7 heteroatoms. The summed E-state index contributed by atoms with van der Waals surface area (Å²) < 4.78 is 6.63. The van der Waals surface area contributed by atoms with Crippen molar-refractivity contribution in [3.8, 4) is 5.75 Å². The highest BCUT2D eigenvalue weighted by molar-refractivity contribution is 7.19. The quantitative estimate of drug-likeness (QED) is 0.496. The van der Waals surface area contributed by atoms with Crippen LogP contribution in [0.3, 0.4) is 0 Å². The van der Waals surface area contributed by atoms with Crippen LogP contribution in [0.4, 0.5) is 0 Å². The lowest BCUT2D eigenvalue weighted by molar-refractivity contribution is 0.0730. The van der Waals surface area contributed by atoms with Crippen molar-refractivity contribution in [3.05, 3.63) is 64.0 Å². The van der Waals surface area contributed by atoms with Gasteiger partial charge in [-0.3, -0.25) is 4.79 Å². The second-order valence-corrected chi connectivity index (χ2v) is 9.84. The van der Waals surface area contributed by atoms with E-state index in [0.29, 0.717) is 41.6 Å². The lowest BCUT2D eigenvalue weighted by Crippen LogP contribution is -2.35.